The third-order valence-corrected chi connectivity index (χ3v) is 3.83. The minimum atomic E-state index is -0.782. The molecular weight excluding hydrogens is 413 g/mol. The number of amides is 1. The van der Waals surface area contributed by atoms with E-state index in [9.17, 15) is 9.18 Å². The van der Waals surface area contributed by atoms with E-state index in [0.717, 1.165) is 0 Å². The van der Waals surface area contributed by atoms with E-state index in [-0.39, 0.29) is 39.5 Å². The summed E-state index contributed by atoms with van der Waals surface area (Å²) in [7, 11) is 2.97. The van der Waals surface area contributed by atoms with E-state index in [1.807, 2.05) is 0 Å². The van der Waals surface area contributed by atoms with E-state index >= 15 is 0 Å². The predicted octanol–water partition coefficient (Wildman–Crippen LogP) is 3.62. The Morgan fingerprint density at radius 2 is 2.10 bits per heavy atom. The Morgan fingerprint density at radius 1 is 1.33 bits per heavy atom. The van der Waals surface area contributed by atoms with Crippen LogP contribution in [0.3, 0.4) is 0 Å². The third-order valence-electron chi connectivity index (χ3n) is 3.72. The number of ether oxygens (including phenoxy) is 2. The van der Waals surface area contributed by atoms with Crippen molar-refractivity contribution in [1.82, 2.24) is 20.3 Å². The quantitative estimate of drug-likeness (QED) is 0.436. The van der Waals surface area contributed by atoms with Crippen LogP contribution in [0.1, 0.15) is 16.2 Å². The Balaban J connectivity index is 2.42. The maximum atomic E-state index is 13.9. The molecular formula is C20H21ClFN5O3. The van der Waals surface area contributed by atoms with Crippen molar-refractivity contribution >= 4 is 34.6 Å². The largest absolute Gasteiger partial charge is 0.491 e. The molecule has 0 fully saturated rings. The average molecular weight is 434 g/mol. The molecule has 0 aliphatic heterocycles. The normalized spacial score (nSPS) is 11.0. The lowest BCUT2D eigenvalue weighted by atomic mass is 10.2. The van der Waals surface area contributed by atoms with Crippen LogP contribution in [0.25, 0.3) is 5.57 Å². The molecule has 0 aromatic carbocycles. The molecule has 2 N–H and O–H groups in total. The number of nitrogens with zero attached hydrogens (tertiary/aromatic N) is 3. The lowest BCUT2D eigenvalue weighted by Crippen LogP contribution is -2.27. The van der Waals surface area contributed by atoms with Gasteiger partial charge < -0.3 is 20.1 Å². The molecule has 2 aromatic heterocycles. The highest BCUT2D eigenvalue weighted by Crippen LogP contribution is 2.30. The van der Waals surface area contributed by atoms with Crippen molar-refractivity contribution in [2.75, 3.05) is 32.7 Å². The van der Waals surface area contributed by atoms with Gasteiger partial charge in [0.05, 0.1) is 36.7 Å². The SMILES string of the molecule is C=C(Cl)/C=C(\C(=C)F)c1ncc(OC)c(Nc2ccncc2C(=O)NCCOC)n1. The van der Waals surface area contributed by atoms with Crippen LogP contribution in [0.5, 0.6) is 5.75 Å². The molecule has 0 bridgehead atoms. The van der Waals surface area contributed by atoms with Gasteiger partial charge in [0.2, 0.25) is 0 Å². The smallest absolute Gasteiger partial charge is 0.255 e. The van der Waals surface area contributed by atoms with E-state index in [2.05, 4.69) is 38.7 Å². The van der Waals surface area contributed by atoms with Crippen molar-refractivity contribution in [1.29, 1.82) is 0 Å². The Morgan fingerprint density at radius 3 is 2.73 bits per heavy atom. The fraction of sp³-hybridized carbons (Fsp3) is 0.200. The van der Waals surface area contributed by atoms with Crippen molar-refractivity contribution in [2.45, 2.75) is 0 Å². The summed E-state index contributed by atoms with van der Waals surface area (Å²) in [6.45, 7) is 7.49. The molecule has 30 heavy (non-hydrogen) atoms. The summed E-state index contributed by atoms with van der Waals surface area (Å²) in [6, 6.07) is 1.60. The first-order chi connectivity index (χ1) is 14.4. The summed E-state index contributed by atoms with van der Waals surface area (Å²) >= 11 is 5.77. The molecule has 2 heterocycles. The number of pyridine rings is 1. The van der Waals surface area contributed by atoms with Crippen molar-refractivity contribution in [3.05, 3.63) is 66.1 Å². The zero-order chi connectivity index (χ0) is 22.1. The van der Waals surface area contributed by atoms with Gasteiger partial charge in [-0.2, -0.15) is 0 Å². The van der Waals surface area contributed by atoms with Crippen LogP contribution in [0.2, 0.25) is 0 Å². The van der Waals surface area contributed by atoms with E-state index < -0.39 is 5.83 Å². The standard InChI is InChI=1S/C20H21ClFN5O3/c1-12(21)9-14(13(2)22)18-25-11-17(30-4)19(27-18)26-16-5-6-23-10-15(16)20(28)24-7-8-29-3/h5-6,9-11H,1-2,7-8H2,3-4H3,(H,24,28)(H,23,25,26,27)/b14-9+. The van der Waals surface area contributed by atoms with Gasteiger partial charge in [0.15, 0.2) is 17.4 Å². The number of rotatable bonds is 10. The average Bonchev–Trinajstić information content (AvgIpc) is 2.72. The number of hydrogen-bond acceptors (Lipinski definition) is 7. The fourth-order valence-electron chi connectivity index (χ4n) is 2.33. The van der Waals surface area contributed by atoms with Gasteiger partial charge in [-0.25, -0.2) is 14.4 Å². The summed E-state index contributed by atoms with van der Waals surface area (Å²) in [4.78, 5) is 24.8. The molecule has 0 saturated heterocycles. The molecule has 10 heteroatoms. The maximum absolute atomic E-state index is 13.9. The van der Waals surface area contributed by atoms with Gasteiger partial charge in [0.1, 0.15) is 5.83 Å². The van der Waals surface area contributed by atoms with E-state index in [1.54, 1.807) is 6.07 Å². The number of nitrogens with one attached hydrogen (secondary N) is 2. The molecule has 0 spiro atoms. The van der Waals surface area contributed by atoms with Crippen LogP contribution in [0, 0.1) is 0 Å². The number of allylic oxidation sites excluding steroid dienone is 4. The van der Waals surface area contributed by atoms with Crippen LogP contribution >= 0.6 is 11.6 Å². The minimum Gasteiger partial charge on any atom is -0.491 e. The van der Waals surface area contributed by atoms with Crippen LogP contribution in [-0.2, 0) is 4.74 Å². The van der Waals surface area contributed by atoms with Crippen LogP contribution < -0.4 is 15.4 Å². The van der Waals surface area contributed by atoms with Gasteiger partial charge in [-0.1, -0.05) is 24.8 Å². The number of hydrogen-bond donors (Lipinski definition) is 2. The molecule has 0 radical (unpaired) electrons. The molecule has 2 rings (SSSR count). The summed E-state index contributed by atoms with van der Waals surface area (Å²) in [5.41, 5.74) is 0.651. The summed E-state index contributed by atoms with van der Waals surface area (Å²) < 4.78 is 24.1. The molecule has 8 nitrogen and oxygen atoms in total. The van der Waals surface area contributed by atoms with Crippen LogP contribution in [0.4, 0.5) is 15.9 Å². The zero-order valence-electron chi connectivity index (χ0n) is 16.5. The first kappa shape index (κ1) is 23.0. The molecule has 0 saturated carbocycles. The molecule has 1 amide bonds. The molecule has 0 unspecified atom stereocenters. The summed E-state index contributed by atoms with van der Waals surface area (Å²) in [6.07, 6.45) is 5.54. The molecule has 0 aliphatic carbocycles. The number of carbonyl (C=O) groups excluding carboxylic acids is 1. The highest BCUT2D eigenvalue weighted by molar-refractivity contribution is 6.31. The Kier molecular flexibility index (Phi) is 8.45. The van der Waals surface area contributed by atoms with Gasteiger partial charge in [-0.3, -0.25) is 9.78 Å². The summed E-state index contributed by atoms with van der Waals surface area (Å²) in [5.74, 6) is -0.656. The van der Waals surface area contributed by atoms with Gasteiger partial charge in [0.25, 0.3) is 5.91 Å². The Labute approximate surface area is 178 Å². The highest BCUT2D eigenvalue weighted by atomic mass is 35.5. The Hall–Kier alpha value is -3.30. The summed E-state index contributed by atoms with van der Waals surface area (Å²) in [5, 5.41) is 5.81. The van der Waals surface area contributed by atoms with E-state index in [4.69, 9.17) is 21.1 Å². The zero-order valence-corrected chi connectivity index (χ0v) is 17.3. The first-order valence-corrected chi connectivity index (χ1v) is 9.05. The number of carbonyl (C=O) groups is 1. The number of methoxy groups -OCH3 is 2. The molecule has 0 atom stereocenters. The van der Waals surface area contributed by atoms with Gasteiger partial charge >= 0.3 is 0 Å². The van der Waals surface area contributed by atoms with Crippen molar-refractivity contribution in [3.63, 3.8) is 0 Å². The second-order valence-electron chi connectivity index (χ2n) is 5.82. The van der Waals surface area contributed by atoms with Gasteiger partial charge in [0, 0.05) is 31.1 Å². The van der Waals surface area contributed by atoms with Crippen LogP contribution in [0.15, 0.2) is 54.7 Å². The maximum Gasteiger partial charge on any atom is 0.255 e. The fourth-order valence-corrected chi connectivity index (χ4v) is 2.44. The predicted molar refractivity (Wildman–Crippen MR) is 114 cm³/mol. The first-order valence-electron chi connectivity index (χ1n) is 8.67. The van der Waals surface area contributed by atoms with Crippen molar-refractivity contribution < 1.29 is 18.7 Å². The Bertz CT molecular complexity index is 981. The molecule has 0 aliphatic rings. The lowest BCUT2D eigenvalue weighted by molar-refractivity contribution is 0.0937. The number of anilines is 2. The monoisotopic (exact) mass is 433 g/mol. The number of aromatic nitrogens is 3. The number of halogens is 2. The lowest BCUT2D eigenvalue weighted by Gasteiger charge is -2.14. The molecule has 158 valence electrons. The topological polar surface area (TPSA) is 98.3 Å². The van der Waals surface area contributed by atoms with Gasteiger partial charge in [-0.15, -0.1) is 0 Å². The van der Waals surface area contributed by atoms with E-state index in [1.165, 1.54) is 38.9 Å². The van der Waals surface area contributed by atoms with E-state index in [0.29, 0.717) is 18.8 Å². The minimum absolute atomic E-state index is 0.00718. The molecule has 2 aromatic rings. The highest BCUT2D eigenvalue weighted by Gasteiger charge is 2.17. The third kappa shape index (κ3) is 6.10. The van der Waals surface area contributed by atoms with Crippen LogP contribution in [-0.4, -0.2) is 48.2 Å². The van der Waals surface area contributed by atoms with Crippen molar-refractivity contribution in [3.8, 4) is 5.75 Å². The second kappa shape index (κ2) is 11.0. The van der Waals surface area contributed by atoms with Crippen molar-refractivity contribution in [2.24, 2.45) is 0 Å². The second-order valence-corrected chi connectivity index (χ2v) is 6.30. The van der Waals surface area contributed by atoms with Gasteiger partial charge in [-0.05, 0) is 12.1 Å².